The van der Waals surface area contributed by atoms with Crippen LogP contribution in [0, 0.1) is 0 Å². The molecule has 2 aromatic rings. The number of nitrogens with one attached hydrogen (secondary N) is 1. The molecule has 1 N–H and O–H groups in total. The summed E-state index contributed by atoms with van der Waals surface area (Å²) in [6, 6.07) is 19.4. The van der Waals surface area contributed by atoms with Crippen molar-refractivity contribution in [3.05, 3.63) is 60.7 Å². The number of amides is 1. The smallest absolute Gasteiger partial charge is 0.251 e. The fraction of sp³-hybridized carbons (Fsp3) is 0.235. The molecule has 3 heteroatoms. The van der Waals surface area contributed by atoms with Gasteiger partial charge >= 0.3 is 0 Å². The summed E-state index contributed by atoms with van der Waals surface area (Å²) < 4.78 is 0. The van der Waals surface area contributed by atoms with Crippen LogP contribution in [0.5, 0.6) is 0 Å². The Kier molecular flexibility index (Phi) is 4.08. The Morgan fingerprint density at radius 2 is 1.45 bits per heavy atom. The summed E-state index contributed by atoms with van der Waals surface area (Å²) in [5, 5.41) is 3.28. The highest BCUT2D eigenvalue weighted by Gasteiger charge is 2.30. The van der Waals surface area contributed by atoms with Gasteiger partial charge in [0.15, 0.2) is 0 Å². The molecule has 0 saturated carbocycles. The molecule has 0 spiro atoms. The highest BCUT2D eigenvalue weighted by Crippen LogP contribution is 2.20. The van der Waals surface area contributed by atoms with E-state index in [4.69, 9.17) is 0 Å². The number of carbonyl (C=O) groups is 1. The zero-order valence-corrected chi connectivity index (χ0v) is 12.1. The second-order valence-electron chi connectivity index (χ2n) is 5.32. The van der Waals surface area contributed by atoms with Gasteiger partial charge in [0, 0.05) is 18.4 Å². The van der Waals surface area contributed by atoms with E-state index in [1.165, 1.54) is 0 Å². The van der Waals surface area contributed by atoms with Gasteiger partial charge in [0.2, 0.25) is 0 Å². The summed E-state index contributed by atoms with van der Waals surface area (Å²) >= 11 is 0. The van der Waals surface area contributed by atoms with Gasteiger partial charge in [0.25, 0.3) is 5.91 Å². The minimum atomic E-state index is -0.675. The molecule has 0 aliphatic heterocycles. The Hall–Kier alpha value is -2.29. The summed E-state index contributed by atoms with van der Waals surface area (Å²) in [6.07, 6.45) is 0. The van der Waals surface area contributed by atoms with E-state index < -0.39 is 5.54 Å². The third kappa shape index (κ3) is 3.18. The second kappa shape index (κ2) is 5.78. The zero-order valence-electron chi connectivity index (χ0n) is 12.1. The van der Waals surface area contributed by atoms with Crippen LogP contribution < -0.4 is 10.2 Å². The van der Waals surface area contributed by atoms with Gasteiger partial charge in [-0.15, -0.1) is 0 Å². The lowest BCUT2D eigenvalue weighted by molar-refractivity contribution is -0.121. The summed E-state index contributed by atoms with van der Waals surface area (Å²) in [5.74, 6) is 0.0209. The van der Waals surface area contributed by atoms with Gasteiger partial charge in [-0.1, -0.05) is 36.4 Å². The lowest BCUT2D eigenvalue weighted by atomic mass is 10.0. The van der Waals surface area contributed by atoms with E-state index in [9.17, 15) is 4.79 Å². The first-order valence-corrected chi connectivity index (χ1v) is 6.67. The van der Waals surface area contributed by atoms with Crippen LogP contribution in [0.15, 0.2) is 60.7 Å². The predicted molar refractivity (Wildman–Crippen MR) is 84.0 cm³/mol. The molecule has 2 rings (SSSR count). The number of hydrogen-bond acceptors (Lipinski definition) is 2. The normalized spacial score (nSPS) is 10.9. The Balaban J connectivity index is 2.15. The van der Waals surface area contributed by atoms with Gasteiger partial charge in [0.05, 0.1) is 0 Å². The van der Waals surface area contributed by atoms with Crippen molar-refractivity contribution in [1.82, 2.24) is 0 Å². The minimum absolute atomic E-state index is 0.0209. The molecule has 0 fully saturated rings. The zero-order chi connectivity index (χ0) is 14.6. The Bertz CT molecular complexity index is 564. The highest BCUT2D eigenvalue weighted by atomic mass is 16.2. The number of likely N-dealkylation sites (N-methyl/N-ethyl adjacent to an activating group) is 1. The van der Waals surface area contributed by atoms with Crippen molar-refractivity contribution in [2.45, 2.75) is 19.4 Å². The average molecular weight is 268 g/mol. The molecule has 3 nitrogen and oxygen atoms in total. The van der Waals surface area contributed by atoms with Crippen LogP contribution in [-0.4, -0.2) is 18.5 Å². The van der Waals surface area contributed by atoms with E-state index >= 15 is 0 Å². The van der Waals surface area contributed by atoms with Crippen molar-refractivity contribution < 1.29 is 4.79 Å². The summed E-state index contributed by atoms with van der Waals surface area (Å²) in [6.45, 7) is 3.78. The van der Waals surface area contributed by atoms with Crippen molar-refractivity contribution >= 4 is 17.3 Å². The molecule has 0 unspecified atom stereocenters. The van der Waals surface area contributed by atoms with Crippen molar-refractivity contribution in [3.8, 4) is 0 Å². The molecule has 104 valence electrons. The summed E-state index contributed by atoms with van der Waals surface area (Å²) in [4.78, 5) is 14.3. The monoisotopic (exact) mass is 268 g/mol. The summed E-state index contributed by atoms with van der Waals surface area (Å²) in [7, 11) is 1.80. The lowest BCUT2D eigenvalue weighted by Gasteiger charge is -2.31. The number of anilines is 2. The van der Waals surface area contributed by atoms with Crippen LogP contribution in [-0.2, 0) is 4.79 Å². The molecule has 0 aromatic heterocycles. The van der Waals surface area contributed by atoms with Crippen molar-refractivity contribution in [1.29, 1.82) is 0 Å². The minimum Gasteiger partial charge on any atom is -0.372 e. The maximum atomic E-state index is 12.6. The molecule has 1 amide bonds. The van der Waals surface area contributed by atoms with E-state index in [0.29, 0.717) is 0 Å². The Morgan fingerprint density at radius 1 is 0.950 bits per heavy atom. The second-order valence-corrected chi connectivity index (χ2v) is 5.32. The molecule has 0 aliphatic carbocycles. The van der Waals surface area contributed by atoms with E-state index in [2.05, 4.69) is 5.32 Å². The Morgan fingerprint density at radius 3 is 2.00 bits per heavy atom. The third-order valence-electron chi connectivity index (χ3n) is 3.21. The molecule has 0 saturated heterocycles. The van der Waals surface area contributed by atoms with Crippen LogP contribution >= 0.6 is 0 Å². The van der Waals surface area contributed by atoms with Crippen LogP contribution in [0.1, 0.15) is 13.8 Å². The van der Waals surface area contributed by atoms with Gasteiger partial charge in [0.1, 0.15) is 5.54 Å². The molecule has 0 aliphatic rings. The summed E-state index contributed by atoms with van der Waals surface area (Å²) in [5.41, 5.74) is 1.15. The van der Waals surface area contributed by atoms with Gasteiger partial charge < -0.3 is 10.2 Å². The van der Waals surface area contributed by atoms with Gasteiger partial charge in [-0.3, -0.25) is 4.79 Å². The number of hydrogen-bond donors (Lipinski definition) is 1. The number of benzene rings is 2. The lowest BCUT2D eigenvalue weighted by Crippen LogP contribution is -2.48. The molecular formula is C17H20N2O. The van der Waals surface area contributed by atoms with Crippen molar-refractivity contribution in [3.63, 3.8) is 0 Å². The van der Waals surface area contributed by atoms with Crippen molar-refractivity contribution in [2.24, 2.45) is 0 Å². The van der Waals surface area contributed by atoms with Gasteiger partial charge in [-0.05, 0) is 38.1 Å². The maximum absolute atomic E-state index is 12.6. The quantitative estimate of drug-likeness (QED) is 0.920. The molecule has 2 aromatic carbocycles. The van der Waals surface area contributed by atoms with Crippen LogP contribution in [0.3, 0.4) is 0 Å². The predicted octanol–water partition coefficient (Wildman–Crippen LogP) is 3.54. The molecular weight excluding hydrogens is 248 g/mol. The molecule has 0 radical (unpaired) electrons. The van der Waals surface area contributed by atoms with E-state index in [1.807, 2.05) is 74.5 Å². The Labute approximate surface area is 120 Å². The maximum Gasteiger partial charge on any atom is 0.251 e. The fourth-order valence-electron chi connectivity index (χ4n) is 2.12. The SMILES string of the molecule is CN(C(=O)C(C)(C)Nc1ccccc1)c1ccccc1. The van der Waals surface area contributed by atoms with Crippen LogP contribution in [0.4, 0.5) is 11.4 Å². The van der Waals surface area contributed by atoms with E-state index in [1.54, 1.807) is 11.9 Å². The molecule has 0 bridgehead atoms. The first-order chi connectivity index (χ1) is 9.50. The molecule has 20 heavy (non-hydrogen) atoms. The van der Waals surface area contributed by atoms with E-state index in [0.717, 1.165) is 11.4 Å². The highest BCUT2D eigenvalue weighted by molar-refractivity contribution is 6.01. The number of rotatable bonds is 4. The first kappa shape index (κ1) is 14.1. The number of nitrogens with zero attached hydrogens (tertiary/aromatic N) is 1. The topological polar surface area (TPSA) is 32.3 Å². The molecule has 0 atom stereocenters. The van der Waals surface area contributed by atoms with Crippen LogP contribution in [0.2, 0.25) is 0 Å². The standard InChI is InChI=1S/C17H20N2O/c1-17(2,18-14-10-6-4-7-11-14)16(20)19(3)15-12-8-5-9-13-15/h4-13,18H,1-3H3. The first-order valence-electron chi connectivity index (χ1n) is 6.67. The third-order valence-corrected chi connectivity index (χ3v) is 3.21. The average Bonchev–Trinajstić information content (AvgIpc) is 2.47. The fourth-order valence-corrected chi connectivity index (χ4v) is 2.12. The van der Waals surface area contributed by atoms with E-state index in [-0.39, 0.29) is 5.91 Å². The molecule has 0 heterocycles. The number of para-hydroxylation sites is 2. The van der Waals surface area contributed by atoms with Crippen LogP contribution in [0.25, 0.3) is 0 Å². The van der Waals surface area contributed by atoms with Crippen molar-refractivity contribution in [2.75, 3.05) is 17.3 Å². The largest absolute Gasteiger partial charge is 0.372 e. The van der Waals surface area contributed by atoms with Gasteiger partial charge in [-0.25, -0.2) is 0 Å². The number of carbonyl (C=O) groups excluding carboxylic acids is 1. The van der Waals surface area contributed by atoms with Gasteiger partial charge in [-0.2, -0.15) is 0 Å².